The molecule has 0 amide bonds. The number of rotatable bonds is 5. The lowest BCUT2D eigenvalue weighted by atomic mass is 10.2. The average Bonchev–Trinajstić information content (AvgIpc) is 3.28. The molecule has 0 aliphatic carbocycles. The van der Waals surface area contributed by atoms with Crippen LogP contribution in [0, 0.1) is 0 Å². The zero-order valence-electron chi connectivity index (χ0n) is 12.9. The van der Waals surface area contributed by atoms with Crippen LogP contribution in [-0.2, 0) is 6.54 Å². The van der Waals surface area contributed by atoms with Crippen molar-refractivity contribution in [3.05, 3.63) is 53.9 Å². The van der Waals surface area contributed by atoms with E-state index >= 15 is 0 Å². The third-order valence-electron chi connectivity index (χ3n) is 3.68. The van der Waals surface area contributed by atoms with Gasteiger partial charge in [0.2, 0.25) is 18.5 Å². The van der Waals surface area contributed by atoms with Gasteiger partial charge in [-0.15, -0.1) is 0 Å². The van der Waals surface area contributed by atoms with Crippen LogP contribution in [0.25, 0.3) is 11.4 Å². The SMILES string of the molecule is FC(F)c1cccc(NCc2nc(-c3ccc4c(c3)OCO4)no2)c1. The van der Waals surface area contributed by atoms with Crippen LogP contribution in [-0.4, -0.2) is 16.9 Å². The van der Waals surface area contributed by atoms with Gasteiger partial charge in [0.25, 0.3) is 6.43 Å². The summed E-state index contributed by atoms with van der Waals surface area (Å²) in [6.07, 6.45) is -2.51. The van der Waals surface area contributed by atoms with Crippen molar-refractivity contribution in [3.8, 4) is 22.9 Å². The lowest BCUT2D eigenvalue weighted by Gasteiger charge is -2.05. The minimum absolute atomic E-state index is 0.0448. The van der Waals surface area contributed by atoms with E-state index in [9.17, 15) is 8.78 Å². The minimum atomic E-state index is -2.51. The molecule has 1 aliphatic rings. The van der Waals surface area contributed by atoms with Crippen molar-refractivity contribution in [3.63, 3.8) is 0 Å². The summed E-state index contributed by atoms with van der Waals surface area (Å²) in [4.78, 5) is 4.29. The Labute approximate surface area is 141 Å². The Hall–Kier alpha value is -3.16. The average molecular weight is 345 g/mol. The fourth-order valence-electron chi connectivity index (χ4n) is 2.44. The van der Waals surface area contributed by atoms with Crippen molar-refractivity contribution >= 4 is 5.69 Å². The molecule has 25 heavy (non-hydrogen) atoms. The fraction of sp³-hybridized carbons (Fsp3) is 0.176. The Morgan fingerprint density at radius 1 is 1.08 bits per heavy atom. The van der Waals surface area contributed by atoms with Gasteiger partial charge in [-0.25, -0.2) is 8.78 Å². The molecule has 0 unspecified atom stereocenters. The van der Waals surface area contributed by atoms with Gasteiger partial charge in [-0.3, -0.25) is 0 Å². The van der Waals surface area contributed by atoms with Gasteiger partial charge in [0.05, 0.1) is 6.54 Å². The third kappa shape index (κ3) is 3.23. The van der Waals surface area contributed by atoms with E-state index in [0.717, 1.165) is 5.56 Å². The van der Waals surface area contributed by atoms with Crippen LogP contribution < -0.4 is 14.8 Å². The highest BCUT2D eigenvalue weighted by Gasteiger charge is 2.16. The van der Waals surface area contributed by atoms with E-state index in [-0.39, 0.29) is 18.9 Å². The van der Waals surface area contributed by atoms with Crippen LogP contribution in [0.1, 0.15) is 17.9 Å². The molecule has 2 aromatic carbocycles. The standard InChI is InChI=1S/C17H13F2N3O3/c18-16(19)10-2-1-3-12(6-10)20-8-15-21-17(22-25-15)11-4-5-13-14(7-11)24-9-23-13/h1-7,16,20H,8-9H2. The maximum absolute atomic E-state index is 12.7. The van der Waals surface area contributed by atoms with Gasteiger partial charge >= 0.3 is 0 Å². The van der Waals surface area contributed by atoms with E-state index in [4.69, 9.17) is 14.0 Å². The first kappa shape index (κ1) is 15.4. The third-order valence-corrected chi connectivity index (χ3v) is 3.68. The summed E-state index contributed by atoms with van der Waals surface area (Å²) in [6, 6.07) is 11.4. The summed E-state index contributed by atoms with van der Waals surface area (Å²) in [5.41, 5.74) is 1.25. The lowest BCUT2D eigenvalue weighted by molar-refractivity contribution is 0.151. The van der Waals surface area contributed by atoms with Crippen molar-refractivity contribution in [2.45, 2.75) is 13.0 Å². The zero-order chi connectivity index (χ0) is 17.2. The van der Waals surface area contributed by atoms with Gasteiger partial charge in [-0.05, 0) is 30.3 Å². The number of anilines is 1. The zero-order valence-corrected chi connectivity index (χ0v) is 12.9. The molecule has 0 saturated heterocycles. The number of alkyl halides is 2. The second kappa shape index (κ2) is 6.39. The summed E-state index contributed by atoms with van der Waals surface area (Å²) in [6.45, 7) is 0.419. The number of aromatic nitrogens is 2. The monoisotopic (exact) mass is 345 g/mol. The van der Waals surface area contributed by atoms with E-state index < -0.39 is 6.43 Å². The summed E-state index contributed by atoms with van der Waals surface area (Å²) in [5.74, 6) is 2.06. The first-order valence-corrected chi connectivity index (χ1v) is 7.53. The van der Waals surface area contributed by atoms with Crippen LogP contribution in [0.4, 0.5) is 14.5 Å². The highest BCUT2D eigenvalue weighted by atomic mass is 19.3. The highest BCUT2D eigenvalue weighted by Crippen LogP contribution is 2.35. The Kier molecular flexibility index (Phi) is 3.93. The van der Waals surface area contributed by atoms with Crippen LogP contribution in [0.5, 0.6) is 11.5 Å². The van der Waals surface area contributed by atoms with Gasteiger partial charge in [0.15, 0.2) is 11.5 Å². The second-order valence-electron chi connectivity index (χ2n) is 5.36. The second-order valence-corrected chi connectivity index (χ2v) is 5.36. The van der Waals surface area contributed by atoms with E-state index in [1.165, 1.54) is 12.1 Å². The van der Waals surface area contributed by atoms with Crippen molar-refractivity contribution < 1.29 is 22.8 Å². The molecule has 0 spiro atoms. The minimum Gasteiger partial charge on any atom is -0.454 e. The molecule has 128 valence electrons. The van der Waals surface area contributed by atoms with Crippen molar-refractivity contribution in [1.29, 1.82) is 0 Å². The molecule has 0 bridgehead atoms. The molecule has 1 N–H and O–H groups in total. The molecule has 8 heteroatoms. The summed E-state index contributed by atoms with van der Waals surface area (Å²) in [5, 5.41) is 6.92. The van der Waals surface area contributed by atoms with Crippen molar-refractivity contribution in [2.24, 2.45) is 0 Å². The number of nitrogens with one attached hydrogen (secondary N) is 1. The molecular weight excluding hydrogens is 332 g/mol. The predicted molar refractivity (Wildman–Crippen MR) is 84.6 cm³/mol. The molecular formula is C17H13F2N3O3. The van der Waals surface area contributed by atoms with Gasteiger partial charge in [0.1, 0.15) is 0 Å². The molecule has 1 aromatic heterocycles. The topological polar surface area (TPSA) is 69.4 Å². The number of fused-ring (bicyclic) bond motifs is 1. The number of nitrogens with zero attached hydrogens (tertiary/aromatic N) is 2. The predicted octanol–water partition coefficient (Wildman–Crippen LogP) is 4.02. The molecule has 2 heterocycles. The van der Waals surface area contributed by atoms with Gasteiger partial charge < -0.3 is 19.3 Å². The Balaban J connectivity index is 1.46. The molecule has 6 nitrogen and oxygen atoms in total. The Bertz CT molecular complexity index is 898. The molecule has 0 fully saturated rings. The van der Waals surface area contributed by atoms with Crippen LogP contribution in [0.15, 0.2) is 47.0 Å². The van der Waals surface area contributed by atoms with Gasteiger partial charge in [-0.1, -0.05) is 17.3 Å². The van der Waals surface area contributed by atoms with E-state index in [0.29, 0.717) is 28.9 Å². The molecule has 4 rings (SSSR count). The normalized spacial score (nSPS) is 12.6. The molecule has 0 radical (unpaired) electrons. The highest BCUT2D eigenvalue weighted by molar-refractivity contribution is 5.61. The largest absolute Gasteiger partial charge is 0.454 e. The van der Waals surface area contributed by atoms with E-state index in [1.54, 1.807) is 24.3 Å². The van der Waals surface area contributed by atoms with Crippen molar-refractivity contribution in [1.82, 2.24) is 10.1 Å². The fourth-order valence-corrected chi connectivity index (χ4v) is 2.44. The summed E-state index contributed by atoms with van der Waals surface area (Å²) >= 11 is 0. The lowest BCUT2D eigenvalue weighted by Crippen LogP contribution is -2.00. The number of ether oxygens (including phenoxy) is 2. The Morgan fingerprint density at radius 2 is 1.96 bits per heavy atom. The molecule has 3 aromatic rings. The van der Waals surface area contributed by atoms with Crippen LogP contribution >= 0.6 is 0 Å². The van der Waals surface area contributed by atoms with Crippen LogP contribution in [0.3, 0.4) is 0 Å². The van der Waals surface area contributed by atoms with Gasteiger partial charge in [0, 0.05) is 16.8 Å². The molecule has 0 saturated carbocycles. The number of hydrogen-bond donors (Lipinski definition) is 1. The first-order valence-electron chi connectivity index (χ1n) is 7.53. The molecule has 1 aliphatic heterocycles. The van der Waals surface area contributed by atoms with E-state index in [2.05, 4.69) is 15.5 Å². The maximum atomic E-state index is 12.7. The number of halogens is 2. The van der Waals surface area contributed by atoms with E-state index in [1.807, 2.05) is 6.07 Å². The number of benzene rings is 2. The molecule has 0 atom stereocenters. The number of hydrogen-bond acceptors (Lipinski definition) is 6. The van der Waals surface area contributed by atoms with Gasteiger partial charge in [-0.2, -0.15) is 4.98 Å². The van der Waals surface area contributed by atoms with Crippen molar-refractivity contribution in [2.75, 3.05) is 12.1 Å². The first-order chi connectivity index (χ1) is 12.2. The smallest absolute Gasteiger partial charge is 0.263 e. The summed E-state index contributed by atoms with van der Waals surface area (Å²) in [7, 11) is 0. The quantitative estimate of drug-likeness (QED) is 0.753. The van der Waals surface area contributed by atoms with Crippen LogP contribution in [0.2, 0.25) is 0 Å². The summed E-state index contributed by atoms with van der Waals surface area (Å²) < 4.78 is 41.2. The maximum Gasteiger partial charge on any atom is 0.263 e. The Morgan fingerprint density at radius 3 is 2.84 bits per heavy atom.